The average molecular weight is 565 g/mol. The van der Waals surface area contributed by atoms with Crippen LogP contribution >= 0.6 is 0 Å². The smallest absolute Gasteiger partial charge is 0.256 e. The number of ketones is 1. The zero-order chi connectivity index (χ0) is 28.2. The summed E-state index contributed by atoms with van der Waals surface area (Å²) in [6.45, 7) is 3.93. The number of fused-ring (bicyclic) bond motifs is 3. The summed E-state index contributed by atoms with van der Waals surface area (Å²) >= 11 is 0. The molecule has 0 bridgehead atoms. The zero-order valence-electron chi connectivity index (χ0n) is 24.2. The Morgan fingerprint density at radius 1 is 1.07 bits per heavy atom. The van der Waals surface area contributed by atoms with Crippen LogP contribution in [0, 0.1) is 24.7 Å². The minimum absolute atomic E-state index is 0.00405. The normalized spacial score (nSPS) is 40.3. The number of halogens is 1. The summed E-state index contributed by atoms with van der Waals surface area (Å²) in [5.41, 5.74) is 8.78. The number of hydrogen-bond acceptors (Lipinski definition) is 6. The summed E-state index contributed by atoms with van der Waals surface area (Å²) in [4.78, 5) is 31.9. The van der Waals surface area contributed by atoms with Gasteiger partial charge in [0.1, 0.15) is 6.17 Å². The molecule has 41 heavy (non-hydrogen) atoms. The highest BCUT2D eigenvalue weighted by molar-refractivity contribution is 6.20. The second-order valence-corrected chi connectivity index (χ2v) is 13.7. The third-order valence-electron chi connectivity index (χ3n) is 11.2. The van der Waals surface area contributed by atoms with Gasteiger partial charge in [-0.15, -0.1) is 0 Å². The Morgan fingerprint density at radius 2 is 1.83 bits per heavy atom. The van der Waals surface area contributed by atoms with E-state index >= 15 is 4.39 Å². The molecule has 1 aromatic carbocycles. The lowest BCUT2D eigenvalue weighted by atomic mass is 9.64. The molecule has 1 amide bonds. The largest absolute Gasteiger partial charge is 0.369 e. The van der Waals surface area contributed by atoms with Crippen molar-refractivity contribution in [1.29, 1.82) is 0 Å². The van der Waals surface area contributed by atoms with Gasteiger partial charge < -0.3 is 20.7 Å². The van der Waals surface area contributed by atoms with Crippen LogP contribution in [-0.4, -0.2) is 83.7 Å². The molecule has 8 heteroatoms. The Bertz CT molecular complexity index is 1190. The first-order valence-electron chi connectivity index (χ1n) is 16.0. The van der Waals surface area contributed by atoms with E-state index in [1.54, 1.807) is 0 Å². The minimum Gasteiger partial charge on any atom is -0.369 e. The molecule has 0 spiro atoms. The van der Waals surface area contributed by atoms with Crippen molar-refractivity contribution in [3.63, 3.8) is 0 Å². The van der Waals surface area contributed by atoms with E-state index in [4.69, 9.17) is 10.5 Å². The maximum atomic E-state index is 16.1. The monoisotopic (exact) mass is 564 g/mol. The summed E-state index contributed by atoms with van der Waals surface area (Å²) in [7, 11) is 0. The van der Waals surface area contributed by atoms with Crippen LogP contribution in [0.15, 0.2) is 36.0 Å². The number of rotatable bonds is 5. The van der Waals surface area contributed by atoms with Crippen LogP contribution in [-0.2, 0) is 20.7 Å². The van der Waals surface area contributed by atoms with Gasteiger partial charge in [0.15, 0.2) is 5.78 Å². The number of nitrogens with zero attached hydrogens (tertiary/aromatic N) is 2. The van der Waals surface area contributed by atoms with Crippen molar-refractivity contribution in [2.75, 3.05) is 19.6 Å². The van der Waals surface area contributed by atoms with E-state index in [-0.39, 0.29) is 47.9 Å². The third-order valence-corrected chi connectivity index (χ3v) is 11.2. The van der Waals surface area contributed by atoms with E-state index in [1.165, 1.54) is 31.2 Å². The van der Waals surface area contributed by atoms with Gasteiger partial charge in [-0.1, -0.05) is 55.5 Å². The number of amides is 1. The van der Waals surface area contributed by atoms with E-state index in [0.717, 1.165) is 31.4 Å². The number of ether oxygens (including phenoxy) is 1. The van der Waals surface area contributed by atoms with E-state index in [2.05, 4.69) is 46.3 Å². The van der Waals surface area contributed by atoms with Gasteiger partial charge in [-0.05, 0) is 56.4 Å². The van der Waals surface area contributed by atoms with Crippen molar-refractivity contribution >= 4 is 11.7 Å². The summed E-state index contributed by atoms with van der Waals surface area (Å²) in [5, 5.41) is 3.00. The molecule has 222 valence electrons. The van der Waals surface area contributed by atoms with Crippen molar-refractivity contribution in [2.24, 2.45) is 23.5 Å². The van der Waals surface area contributed by atoms with Crippen LogP contribution in [0.3, 0.4) is 0 Å². The lowest BCUT2D eigenvalue weighted by Crippen LogP contribution is -2.73. The standard InChI is InChI=1S/C33H45FN4O3/c1-19-6-8-20(9-7-19)10-12-36-33(40)25-18-38-27-14-21-4-2-3-5-22(21)15-28(27)41-32-29(38)24(31(25)39)16-26(34)30(32)37-13-11-23(35)17-37/h6-9,18,21-24,26-30,32H,2-5,10-17,35H2,1H3,(H,36,40). The summed E-state index contributed by atoms with van der Waals surface area (Å²) < 4.78 is 23.1. The molecular formula is C33H45FN4O3. The SMILES string of the molecule is Cc1ccc(CCNC(=O)C2=CN3C4CC5CCCCC5CC4OC4C(N5CCC(N)C5)C(F)CC(C2=O)C43)cc1. The highest BCUT2D eigenvalue weighted by atomic mass is 19.1. The predicted molar refractivity (Wildman–Crippen MR) is 155 cm³/mol. The van der Waals surface area contributed by atoms with Crippen LogP contribution in [0.5, 0.6) is 0 Å². The highest BCUT2D eigenvalue weighted by Crippen LogP contribution is 2.50. The number of nitrogens with two attached hydrogens (primary N) is 1. The number of alkyl halides is 1. The van der Waals surface area contributed by atoms with E-state index < -0.39 is 24.2 Å². The molecule has 3 aliphatic heterocycles. The third kappa shape index (κ3) is 5.04. The molecule has 3 aliphatic carbocycles. The Balaban J connectivity index is 1.17. The molecule has 7 rings (SSSR count). The fourth-order valence-corrected chi connectivity index (χ4v) is 9.12. The lowest BCUT2D eigenvalue weighted by molar-refractivity contribution is -0.219. The van der Waals surface area contributed by atoms with Gasteiger partial charge in [0.2, 0.25) is 0 Å². The summed E-state index contributed by atoms with van der Waals surface area (Å²) in [6.07, 6.45) is 8.99. The number of morpholine rings is 1. The van der Waals surface area contributed by atoms with Gasteiger partial charge in [-0.3, -0.25) is 14.5 Å². The molecule has 3 heterocycles. The lowest BCUT2D eigenvalue weighted by Gasteiger charge is -2.61. The van der Waals surface area contributed by atoms with Gasteiger partial charge in [0, 0.05) is 37.8 Å². The first-order valence-corrected chi connectivity index (χ1v) is 16.0. The molecule has 2 saturated heterocycles. The number of aryl methyl sites for hydroxylation is 1. The summed E-state index contributed by atoms with van der Waals surface area (Å²) in [6, 6.07) is 7.81. The highest BCUT2D eigenvalue weighted by Gasteiger charge is 2.60. The quantitative estimate of drug-likeness (QED) is 0.534. The summed E-state index contributed by atoms with van der Waals surface area (Å²) in [5.74, 6) is 0.175. The van der Waals surface area contributed by atoms with Crippen LogP contribution in [0.2, 0.25) is 0 Å². The maximum absolute atomic E-state index is 16.1. The molecular weight excluding hydrogens is 519 g/mol. The van der Waals surface area contributed by atoms with Crippen molar-refractivity contribution in [3.8, 4) is 0 Å². The molecule has 6 aliphatic rings. The number of carbonyl (C=O) groups is 2. The Labute approximate surface area is 243 Å². The number of benzene rings is 1. The molecule has 10 unspecified atom stereocenters. The zero-order valence-corrected chi connectivity index (χ0v) is 24.2. The topological polar surface area (TPSA) is 87.9 Å². The van der Waals surface area contributed by atoms with Gasteiger partial charge in [0.05, 0.1) is 35.9 Å². The number of hydrogen-bond donors (Lipinski definition) is 2. The molecule has 3 saturated carbocycles. The molecule has 10 atom stereocenters. The minimum atomic E-state index is -1.19. The fourth-order valence-electron chi connectivity index (χ4n) is 9.12. The van der Waals surface area contributed by atoms with Crippen LogP contribution in [0.1, 0.15) is 62.5 Å². The Kier molecular flexibility index (Phi) is 7.44. The van der Waals surface area contributed by atoms with Crippen molar-refractivity contribution in [1.82, 2.24) is 15.1 Å². The van der Waals surface area contributed by atoms with Gasteiger partial charge in [-0.25, -0.2) is 4.39 Å². The Morgan fingerprint density at radius 3 is 2.56 bits per heavy atom. The number of carbonyl (C=O) groups excluding carboxylic acids is 2. The molecule has 3 N–H and O–H groups in total. The van der Waals surface area contributed by atoms with E-state index in [9.17, 15) is 9.59 Å². The number of likely N-dealkylation sites (tertiary alicyclic amines) is 1. The maximum Gasteiger partial charge on any atom is 0.256 e. The molecule has 5 fully saturated rings. The second kappa shape index (κ2) is 11.1. The molecule has 0 radical (unpaired) electrons. The van der Waals surface area contributed by atoms with Crippen molar-refractivity contribution in [2.45, 2.75) is 107 Å². The van der Waals surface area contributed by atoms with Crippen LogP contribution in [0.4, 0.5) is 4.39 Å². The number of Topliss-reactive ketones (excluding diaryl/α,β-unsaturated/α-hetero) is 1. The molecule has 0 aromatic heterocycles. The average Bonchev–Trinajstić information content (AvgIpc) is 3.39. The van der Waals surface area contributed by atoms with Gasteiger partial charge >= 0.3 is 0 Å². The Hall–Kier alpha value is -2.29. The fraction of sp³-hybridized carbons (Fsp3) is 0.697. The molecule has 7 nitrogen and oxygen atoms in total. The van der Waals surface area contributed by atoms with Gasteiger partial charge in [0.25, 0.3) is 5.91 Å². The van der Waals surface area contributed by atoms with Crippen LogP contribution < -0.4 is 11.1 Å². The van der Waals surface area contributed by atoms with E-state index in [0.29, 0.717) is 31.3 Å². The number of nitrogens with one attached hydrogen (secondary N) is 1. The van der Waals surface area contributed by atoms with Crippen molar-refractivity contribution < 1.29 is 18.7 Å². The predicted octanol–water partition coefficient (Wildman–Crippen LogP) is 3.29. The van der Waals surface area contributed by atoms with Crippen LogP contribution in [0.25, 0.3) is 0 Å². The van der Waals surface area contributed by atoms with Crippen molar-refractivity contribution in [3.05, 3.63) is 47.2 Å². The first-order chi connectivity index (χ1) is 19.9. The molecule has 1 aromatic rings. The second-order valence-electron chi connectivity index (χ2n) is 13.7. The van der Waals surface area contributed by atoms with Gasteiger partial charge in [-0.2, -0.15) is 0 Å². The first kappa shape index (κ1) is 27.5. The van der Waals surface area contributed by atoms with E-state index in [1.807, 2.05) is 6.20 Å².